The summed E-state index contributed by atoms with van der Waals surface area (Å²) < 4.78 is 2.99. The van der Waals surface area contributed by atoms with Gasteiger partial charge in [-0.15, -0.1) is 0 Å². The Kier molecular flexibility index (Phi) is 4.17. The number of fused-ring (bicyclic) bond motifs is 1. The summed E-state index contributed by atoms with van der Waals surface area (Å²) in [5.74, 6) is 0.101. The molecule has 2 atom stereocenters. The summed E-state index contributed by atoms with van der Waals surface area (Å²) in [6.45, 7) is 2.65. The van der Waals surface area contributed by atoms with Crippen molar-refractivity contribution in [1.82, 2.24) is 14.5 Å². The van der Waals surface area contributed by atoms with Gasteiger partial charge in [0.15, 0.2) is 0 Å². The van der Waals surface area contributed by atoms with Crippen molar-refractivity contribution in [1.29, 1.82) is 0 Å². The van der Waals surface area contributed by atoms with Gasteiger partial charge in [0.2, 0.25) is 0 Å². The molecule has 1 amide bonds. The highest BCUT2D eigenvalue weighted by Gasteiger charge is 2.36. The van der Waals surface area contributed by atoms with Crippen molar-refractivity contribution in [3.05, 3.63) is 88.4 Å². The topological polar surface area (TPSA) is 38.1 Å². The number of hydrogen-bond acceptors (Lipinski definition) is 2. The third-order valence-corrected chi connectivity index (χ3v) is 5.34. The van der Waals surface area contributed by atoms with Gasteiger partial charge in [0.25, 0.3) is 5.91 Å². The number of carbonyl (C=O) groups excluding carboxylic acids is 1. The third kappa shape index (κ3) is 2.89. The number of hydrogen-bond donors (Lipinski definition) is 0. The summed E-state index contributed by atoms with van der Waals surface area (Å²) in [5, 5.41) is 0. The Morgan fingerprint density at radius 1 is 1.12 bits per heavy atom. The average Bonchev–Trinajstić information content (AvgIpc) is 3.10. The van der Waals surface area contributed by atoms with Gasteiger partial charge in [0.1, 0.15) is 6.04 Å². The van der Waals surface area contributed by atoms with Gasteiger partial charge in [-0.1, -0.05) is 58.4 Å². The summed E-state index contributed by atoms with van der Waals surface area (Å²) in [6.07, 6.45) is 3.60. The molecule has 0 saturated heterocycles. The molecule has 0 aliphatic carbocycles. The van der Waals surface area contributed by atoms with Crippen LogP contribution in [0.15, 0.2) is 71.6 Å². The molecule has 126 valence electrons. The summed E-state index contributed by atoms with van der Waals surface area (Å²) in [6, 6.07) is 17.7. The molecule has 1 aliphatic heterocycles. The summed E-state index contributed by atoms with van der Waals surface area (Å²) >= 11 is 3.46. The van der Waals surface area contributed by atoms with Gasteiger partial charge in [-0.2, -0.15) is 0 Å². The molecule has 4 nitrogen and oxygen atoms in total. The van der Waals surface area contributed by atoms with Gasteiger partial charge in [-0.25, -0.2) is 4.98 Å². The predicted molar refractivity (Wildman–Crippen MR) is 99.9 cm³/mol. The monoisotopic (exact) mass is 395 g/mol. The first-order chi connectivity index (χ1) is 12.1. The maximum absolute atomic E-state index is 13.4. The van der Waals surface area contributed by atoms with E-state index in [2.05, 4.69) is 40.0 Å². The number of benzene rings is 2. The van der Waals surface area contributed by atoms with Gasteiger partial charge in [-0.05, 0) is 30.2 Å². The van der Waals surface area contributed by atoms with Crippen LogP contribution in [0.5, 0.6) is 0 Å². The van der Waals surface area contributed by atoms with E-state index in [9.17, 15) is 4.79 Å². The van der Waals surface area contributed by atoms with E-state index in [4.69, 9.17) is 0 Å². The number of nitrogens with zero attached hydrogens (tertiary/aromatic N) is 3. The molecular formula is C20H18BrN3O. The van der Waals surface area contributed by atoms with Crippen molar-refractivity contribution in [2.75, 3.05) is 0 Å². The molecule has 0 unspecified atom stereocenters. The maximum atomic E-state index is 13.4. The van der Waals surface area contributed by atoms with Crippen molar-refractivity contribution in [2.24, 2.45) is 0 Å². The number of amides is 1. The Hall–Kier alpha value is -2.40. The standard InChI is InChI=1S/C20H18BrN3O/c1-14(15-5-3-2-4-6-15)23-12-18-11-22-13-24(18)19(20(23)25)16-7-9-17(21)10-8-16/h2-11,13-14,19H,12H2,1H3/t14-,19+/m0/s1. The first-order valence-corrected chi connectivity index (χ1v) is 9.06. The van der Waals surface area contributed by atoms with Gasteiger partial charge < -0.3 is 9.47 Å². The normalized spacial score (nSPS) is 18.1. The van der Waals surface area contributed by atoms with Crippen LogP contribution in [0.4, 0.5) is 0 Å². The number of carbonyl (C=O) groups is 1. The van der Waals surface area contributed by atoms with E-state index >= 15 is 0 Å². The molecule has 0 saturated carbocycles. The van der Waals surface area contributed by atoms with Crippen LogP contribution in [-0.2, 0) is 11.3 Å². The van der Waals surface area contributed by atoms with Crippen molar-refractivity contribution >= 4 is 21.8 Å². The highest BCUT2D eigenvalue weighted by Crippen LogP contribution is 2.33. The van der Waals surface area contributed by atoms with Gasteiger partial charge >= 0.3 is 0 Å². The van der Waals surface area contributed by atoms with E-state index in [0.29, 0.717) is 6.54 Å². The lowest BCUT2D eigenvalue weighted by Crippen LogP contribution is -2.43. The minimum Gasteiger partial charge on any atom is -0.328 e. The van der Waals surface area contributed by atoms with Crippen molar-refractivity contribution in [3.8, 4) is 0 Å². The number of halogens is 1. The molecule has 0 N–H and O–H groups in total. The fourth-order valence-electron chi connectivity index (χ4n) is 3.40. The van der Waals surface area contributed by atoms with E-state index in [1.807, 2.05) is 58.1 Å². The van der Waals surface area contributed by atoms with Crippen LogP contribution in [0.25, 0.3) is 0 Å². The molecular weight excluding hydrogens is 378 g/mol. The van der Waals surface area contributed by atoms with E-state index in [1.54, 1.807) is 6.33 Å². The lowest BCUT2D eigenvalue weighted by atomic mass is 9.99. The highest BCUT2D eigenvalue weighted by molar-refractivity contribution is 9.10. The number of imidazole rings is 1. The van der Waals surface area contributed by atoms with E-state index in [0.717, 1.165) is 21.3 Å². The van der Waals surface area contributed by atoms with Crippen molar-refractivity contribution < 1.29 is 4.79 Å². The quantitative estimate of drug-likeness (QED) is 0.661. The van der Waals surface area contributed by atoms with Gasteiger partial charge in [-0.3, -0.25) is 4.79 Å². The predicted octanol–water partition coefficient (Wildman–Crippen LogP) is 4.34. The SMILES string of the molecule is C[C@@H](c1ccccc1)N1Cc2cncn2[C@H](c2ccc(Br)cc2)C1=O. The molecule has 1 aromatic heterocycles. The molecule has 4 rings (SSSR count). The molecule has 25 heavy (non-hydrogen) atoms. The second kappa shape index (κ2) is 6.48. The van der Waals surface area contributed by atoms with Crippen molar-refractivity contribution in [3.63, 3.8) is 0 Å². The molecule has 2 aromatic carbocycles. The largest absolute Gasteiger partial charge is 0.328 e. The fourth-order valence-corrected chi connectivity index (χ4v) is 3.67. The number of rotatable bonds is 3. The zero-order valence-electron chi connectivity index (χ0n) is 13.8. The van der Waals surface area contributed by atoms with Crippen molar-refractivity contribution in [2.45, 2.75) is 25.6 Å². The number of aromatic nitrogens is 2. The summed E-state index contributed by atoms with van der Waals surface area (Å²) in [4.78, 5) is 19.6. The Bertz CT molecular complexity index is 889. The molecule has 0 radical (unpaired) electrons. The molecule has 0 spiro atoms. The van der Waals surface area contributed by atoms with Crippen LogP contribution in [0.3, 0.4) is 0 Å². The third-order valence-electron chi connectivity index (χ3n) is 4.81. The van der Waals surface area contributed by atoms with Crippen LogP contribution >= 0.6 is 15.9 Å². The summed E-state index contributed by atoms with van der Waals surface area (Å²) in [5.41, 5.74) is 3.16. The molecule has 2 heterocycles. The zero-order chi connectivity index (χ0) is 17.4. The van der Waals surface area contributed by atoms with E-state index < -0.39 is 0 Å². The van der Waals surface area contributed by atoms with Crippen LogP contribution in [0.2, 0.25) is 0 Å². The van der Waals surface area contributed by atoms with Crippen LogP contribution in [0.1, 0.15) is 35.8 Å². The average molecular weight is 396 g/mol. The Balaban J connectivity index is 1.75. The van der Waals surface area contributed by atoms with Crippen LogP contribution in [0, 0.1) is 0 Å². The lowest BCUT2D eigenvalue weighted by molar-refractivity contribution is -0.138. The maximum Gasteiger partial charge on any atom is 0.251 e. The molecule has 3 aromatic rings. The second-order valence-corrected chi connectivity index (χ2v) is 7.21. The molecule has 5 heteroatoms. The first-order valence-electron chi connectivity index (χ1n) is 8.27. The summed E-state index contributed by atoms with van der Waals surface area (Å²) in [7, 11) is 0. The molecule has 0 fully saturated rings. The van der Waals surface area contributed by atoms with Gasteiger partial charge in [0.05, 0.1) is 24.6 Å². The second-order valence-electron chi connectivity index (χ2n) is 6.30. The fraction of sp³-hybridized carbons (Fsp3) is 0.200. The first kappa shape index (κ1) is 16.1. The Labute approximate surface area is 155 Å². The van der Waals surface area contributed by atoms with E-state index in [1.165, 1.54) is 0 Å². The van der Waals surface area contributed by atoms with Crippen LogP contribution < -0.4 is 0 Å². The minimum absolute atomic E-state index is 0.00954. The smallest absolute Gasteiger partial charge is 0.251 e. The zero-order valence-corrected chi connectivity index (χ0v) is 15.4. The van der Waals surface area contributed by atoms with Crippen LogP contribution in [-0.4, -0.2) is 20.4 Å². The minimum atomic E-state index is -0.370. The Morgan fingerprint density at radius 3 is 2.56 bits per heavy atom. The molecule has 1 aliphatic rings. The van der Waals surface area contributed by atoms with Gasteiger partial charge in [0, 0.05) is 10.7 Å². The molecule has 0 bridgehead atoms. The highest BCUT2D eigenvalue weighted by atomic mass is 79.9. The Morgan fingerprint density at radius 2 is 1.84 bits per heavy atom. The lowest BCUT2D eigenvalue weighted by Gasteiger charge is -2.38. The van der Waals surface area contributed by atoms with E-state index in [-0.39, 0.29) is 18.0 Å².